The van der Waals surface area contributed by atoms with E-state index in [1.807, 2.05) is 60.7 Å². The van der Waals surface area contributed by atoms with Gasteiger partial charge in [-0.3, -0.25) is 9.63 Å². The van der Waals surface area contributed by atoms with E-state index in [4.69, 9.17) is 9.57 Å². The van der Waals surface area contributed by atoms with Crippen molar-refractivity contribution < 1.29 is 19.2 Å². The molecular formula is C23H22N2O4. The summed E-state index contributed by atoms with van der Waals surface area (Å²) >= 11 is 0. The third-order valence-corrected chi connectivity index (χ3v) is 5.06. The first-order valence-corrected chi connectivity index (χ1v) is 9.24. The number of carbonyl (C=O) groups excluding carboxylic acids is 2. The van der Waals surface area contributed by atoms with E-state index in [-0.39, 0.29) is 12.8 Å². The summed E-state index contributed by atoms with van der Waals surface area (Å²) in [7, 11) is 2.80. The Morgan fingerprint density at radius 2 is 1.62 bits per heavy atom. The minimum Gasteiger partial charge on any atom is -0.449 e. The molecule has 6 nitrogen and oxygen atoms in total. The highest BCUT2D eigenvalue weighted by Gasteiger charge is 2.46. The Hall–Kier alpha value is -3.43. The van der Waals surface area contributed by atoms with E-state index in [0.717, 1.165) is 16.2 Å². The molecule has 148 valence electrons. The van der Waals surface area contributed by atoms with Crippen LogP contribution >= 0.6 is 0 Å². The Balaban J connectivity index is 1.81. The maximum Gasteiger partial charge on any atom is 0.334 e. The predicted octanol–water partition coefficient (Wildman–Crippen LogP) is 3.57. The van der Waals surface area contributed by atoms with Crippen molar-refractivity contribution >= 4 is 11.9 Å². The molecule has 0 bridgehead atoms. The maximum absolute atomic E-state index is 12.9. The summed E-state index contributed by atoms with van der Waals surface area (Å²) in [6.45, 7) is 0. The standard InChI is InChI=1S/C23H22N2O4/c1-25(28-2)22(27)23(16-24)14-13-19(15-23)21(26)29-20(17-9-5-3-6-10-17)18-11-7-4-8-12-18/h3-13,20H,14-15H2,1-2H3/t23-/m0/s1. The number of hydroxylamine groups is 2. The van der Waals surface area contributed by atoms with Crippen LogP contribution in [-0.2, 0) is 19.2 Å². The van der Waals surface area contributed by atoms with E-state index >= 15 is 0 Å². The zero-order valence-electron chi connectivity index (χ0n) is 16.4. The van der Waals surface area contributed by atoms with Gasteiger partial charge < -0.3 is 4.74 Å². The van der Waals surface area contributed by atoms with Crippen molar-refractivity contribution in [3.63, 3.8) is 0 Å². The Bertz CT molecular complexity index is 910. The third-order valence-electron chi connectivity index (χ3n) is 5.06. The molecule has 2 aromatic rings. The van der Waals surface area contributed by atoms with Crippen molar-refractivity contribution in [2.75, 3.05) is 14.2 Å². The largest absolute Gasteiger partial charge is 0.449 e. The fourth-order valence-corrected chi connectivity index (χ4v) is 3.37. The van der Waals surface area contributed by atoms with Crippen molar-refractivity contribution in [3.8, 4) is 6.07 Å². The van der Waals surface area contributed by atoms with Crippen molar-refractivity contribution in [2.24, 2.45) is 5.41 Å². The average Bonchev–Trinajstić information content (AvgIpc) is 3.23. The molecule has 2 aromatic carbocycles. The second-order valence-corrected chi connectivity index (χ2v) is 6.90. The number of esters is 1. The number of allylic oxidation sites excluding steroid dienone is 1. The number of rotatable bonds is 6. The van der Waals surface area contributed by atoms with Crippen molar-refractivity contribution in [3.05, 3.63) is 83.4 Å². The minimum atomic E-state index is -1.35. The second-order valence-electron chi connectivity index (χ2n) is 6.90. The van der Waals surface area contributed by atoms with Crippen LogP contribution in [0.4, 0.5) is 0 Å². The lowest BCUT2D eigenvalue weighted by Crippen LogP contribution is -2.39. The number of hydrogen-bond acceptors (Lipinski definition) is 5. The van der Waals surface area contributed by atoms with Gasteiger partial charge in [0.15, 0.2) is 6.10 Å². The van der Waals surface area contributed by atoms with Crippen LogP contribution in [0.2, 0.25) is 0 Å². The molecule has 0 saturated carbocycles. The van der Waals surface area contributed by atoms with Crippen LogP contribution in [0.5, 0.6) is 0 Å². The molecule has 1 atom stereocenters. The average molecular weight is 390 g/mol. The highest BCUT2D eigenvalue weighted by atomic mass is 16.7. The monoisotopic (exact) mass is 390 g/mol. The molecule has 29 heavy (non-hydrogen) atoms. The first kappa shape index (κ1) is 20.3. The fraction of sp³-hybridized carbons (Fsp3) is 0.261. The van der Waals surface area contributed by atoms with Crippen molar-refractivity contribution in [2.45, 2.75) is 18.9 Å². The third kappa shape index (κ3) is 4.20. The van der Waals surface area contributed by atoms with E-state index in [2.05, 4.69) is 6.07 Å². The van der Waals surface area contributed by atoms with Gasteiger partial charge in [0.25, 0.3) is 5.91 Å². The molecule has 0 fully saturated rings. The fourth-order valence-electron chi connectivity index (χ4n) is 3.37. The highest BCUT2D eigenvalue weighted by molar-refractivity contribution is 5.94. The molecule has 0 aromatic heterocycles. The number of amides is 1. The molecule has 0 spiro atoms. The van der Waals surface area contributed by atoms with Crippen LogP contribution in [0.1, 0.15) is 30.1 Å². The van der Waals surface area contributed by atoms with Gasteiger partial charge in [-0.25, -0.2) is 9.86 Å². The van der Waals surface area contributed by atoms with Gasteiger partial charge in [-0.2, -0.15) is 5.26 Å². The number of nitrogens with zero attached hydrogens (tertiary/aromatic N) is 2. The van der Waals surface area contributed by atoms with E-state index in [1.165, 1.54) is 14.2 Å². The van der Waals surface area contributed by atoms with Crippen LogP contribution < -0.4 is 0 Å². The van der Waals surface area contributed by atoms with Crippen LogP contribution in [-0.4, -0.2) is 31.1 Å². The van der Waals surface area contributed by atoms with Crippen LogP contribution in [0.25, 0.3) is 0 Å². The molecular weight excluding hydrogens is 368 g/mol. The predicted molar refractivity (Wildman–Crippen MR) is 106 cm³/mol. The van der Waals surface area contributed by atoms with Crippen molar-refractivity contribution in [1.29, 1.82) is 5.26 Å². The summed E-state index contributed by atoms with van der Waals surface area (Å²) in [6, 6.07) is 21.0. The minimum absolute atomic E-state index is 0.00876. The van der Waals surface area contributed by atoms with Gasteiger partial charge in [0.05, 0.1) is 13.2 Å². The lowest BCUT2D eigenvalue weighted by atomic mass is 9.85. The van der Waals surface area contributed by atoms with Gasteiger partial charge in [-0.15, -0.1) is 0 Å². The summed E-state index contributed by atoms with van der Waals surface area (Å²) in [5.74, 6) is -1.02. The van der Waals surface area contributed by atoms with E-state index in [1.54, 1.807) is 6.08 Å². The second kappa shape index (κ2) is 8.72. The SMILES string of the molecule is CON(C)C(=O)[C@@]1(C#N)CC=C(C(=O)OC(c2ccccc2)c2ccccc2)C1. The summed E-state index contributed by atoms with van der Waals surface area (Å²) in [4.78, 5) is 30.4. The normalized spacial score (nSPS) is 18.1. The number of hydrogen-bond donors (Lipinski definition) is 0. The molecule has 6 heteroatoms. The van der Waals surface area contributed by atoms with E-state index in [0.29, 0.717) is 5.57 Å². The van der Waals surface area contributed by atoms with Gasteiger partial charge in [-0.1, -0.05) is 66.7 Å². The highest BCUT2D eigenvalue weighted by Crippen LogP contribution is 2.40. The Kier molecular flexibility index (Phi) is 6.10. The number of ether oxygens (including phenoxy) is 1. The smallest absolute Gasteiger partial charge is 0.334 e. The molecule has 0 aliphatic heterocycles. The summed E-state index contributed by atoms with van der Waals surface area (Å²) < 4.78 is 5.84. The molecule has 3 rings (SSSR count). The lowest BCUT2D eigenvalue weighted by molar-refractivity contribution is -0.176. The zero-order valence-corrected chi connectivity index (χ0v) is 16.4. The maximum atomic E-state index is 12.9. The number of carbonyl (C=O) groups is 2. The molecule has 1 aliphatic carbocycles. The van der Waals surface area contributed by atoms with E-state index < -0.39 is 23.4 Å². The van der Waals surface area contributed by atoms with Gasteiger partial charge in [0.2, 0.25) is 0 Å². The first-order valence-electron chi connectivity index (χ1n) is 9.24. The molecule has 0 heterocycles. The molecule has 0 saturated heterocycles. The van der Waals surface area contributed by atoms with Crippen LogP contribution in [0.3, 0.4) is 0 Å². The van der Waals surface area contributed by atoms with Gasteiger partial charge >= 0.3 is 5.97 Å². The van der Waals surface area contributed by atoms with Gasteiger partial charge in [-0.05, 0) is 17.5 Å². The first-order chi connectivity index (χ1) is 14.0. The molecule has 0 radical (unpaired) electrons. The molecule has 0 unspecified atom stereocenters. The lowest BCUT2D eigenvalue weighted by Gasteiger charge is -2.25. The molecule has 1 amide bonds. The van der Waals surface area contributed by atoms with Crippen LogP contribution in [0, 0.1) is 16.7 Å². The Morgan fingerprint density at radius 1 is 1.07 bits per heavy atom. The quantitative estimate of drug-likeness (QED) is 0.556. The van der Waals surface area contributed by atoms with Crippen molar-refractivity contribution in [1.82, 2.24) is 5.06 Å². The molecule has 0 N–H and O–H groups in total. The number of nitriles is 1. The molecule has 1 aliphatic rings. The van der Waals surface area contributed by atoms with Crippen LogP contribution in [0.15, 0.2) is 72.3 Å². The topological polar surface area (TPSA) is 79.6 Å². The van der Waals surface area contributed by atoms with Gasteiger partial charge in [0, 0.05) is 19.0 Å². The summed E-state index contributed by atoms with van der Waals surface area (Å²) in [6.07, 6.45) is 1.16. The Morgan fingerprint density at radius 3 is 2.10 bits per heavy atom. The zero-order chi connectivity index (χ0) is 20.9. The van der Waals surface area contributed by atoms with Gasteiger partial charge in [0.1, 0.15) is 5.41 Å². The Labute approximate surface area is 169 Å². The van der Waals surface area contributed by atoms with E-state index in [9.17, 15) is 14.9 Å². The number of benzene rings is 2. The summed E-state index contributed by atoms with van der Waals surface area (Å²) in [5, 5.41) is 10.6. The summed E-state index contributed by atoms with van der Waals surface area (Å²) in [5.41, 5.74) is 0.648.